The Morgan fingerprint density at radius 1 is 1.35 bits per heavy atom. The molecule has 0 spiro atoms. The van der Waals surface area contributed by atoms with Gasteiger partial charge in [0.15, 0.2) is 0 Å². The standard InChI is InChI=1S/C17H21N3O3/c1-11(6-7-13-5-4-10-20(13)3)18-16(21)15-9-8-14(17(22)23)12(2)19-15/h4-5,8-11H,6-7H2,1-3H3,(H,18,21)(H,22,23). The highest BCUT2D eigenvalue weighted by molar-refractivity contribution is 5.94. The molecule has 0 radical (unpaired) electrons. The highest BCUT2D eigenvalue weighted by atomic mass is 16.4. The van der Waals surface area contributed by atoms with Crippen molar-refractivity contribution < 1.29 is 14.7 Å². The minimum atomic E-state index is -1.04. The number of amides is 1. The zero-order valence-corrected chi connectivity index (χ0v) is 13.5. The maximum absolute atomic E-state index is 12.2. The van der Waals surface area contributed by atoms with E-state index in [9.17, 15) is 9.59 Å². The Hall–Kier alpha value is -2.63. The first-order valence-electron chi connectivity index (χ1n) is 7.50. The lowest BCUT2D eigenvalue weighted by atomic mass is 10.1. The maximum atomic E-state index is 12.2. The molecule has 6 heteroatoms. The fourth-order valence-corrected chi connectivity index (χ4v) is 2.40. The Bertz CT molecular complexity index is 722. The highest BCUT2D eigenvalue weighted by Crippen LogP contribution is 2.09. The first-order valence-corrected chi connectivity index (χ1v) is 7.50. The molecule has 2 heterocycles. The Kier molecular flexibility index (Phi) is 5.16. The topological polar surface area (TPSA) is 84.2 Å². The number of carbonyl (C=O) groups is 2. The Labute approximate surface area is 135 Å². The summed E-state index contributed by atoms with van der Waals surface area (Å²) in [7, 11) is 2.00. The van der Waals surface area contributed by atoms with Gasteiger partial charge in [-0.2, -0.15) is 0 Å². The molecule has 2 rings (SSSR count). The van der Waals surface area contributed by atoms with Crippen LogP contribution in [0, 0.1) is 6.92 Å². The van der Waals surface area contributed by atoms with Crippen LogP contribution in [0.4, 0.5) is 0 Å². The van der Waals surface area contributed by atoms with Gasteiger partial charge in [0, 0.05) is 25.0 Å². The van der Waals surface area contributed by atoms with Gasteiger partial charge in [0.2, 0.25) is 0 Å². The number of pyridine rings is 1. The molecule has 0 aliphatic heterocycles. The molecule has 122 valence electrons. The van der Waals surface area contributed by atoms with Gasteiger partial charge in [0.25, 0.3) is 5.91 Å². The van der Waals surface area contributed by atoms with E-state index in [2.05, 4.69) is 20.9 Å². The van der Waals surface area contributed by atoms with Crippen molar-refractivity contribution in [3.8, 4) is 0 Å². The predicted molar refractivity (Wildman–Crippen MR) is 86.6 cm³/mol. The molecule has 0 saturated heterocycles. The van der Waals surface area contributed by atoms with Gasteiger partial charge in [-0.25, -0.2) is 9.78 Å². The van der Waals surface area contributed by atoms with Crippen molar-refractivity contribution in [3.63, 3.8) is 0 Å². The molecule has 0 aliphatic carbocycles. The average molecular weight is 315 g/mol. The first kappa shape index (κ1) is 16.7. The second kappa shape index (κ2) is 7.09. The van der Waals surface area contributed by atoms with Crippen LogP contribution in [0.15, 0.2) is 30.5 Å². The van der Waals surface area contributed by atoms with E-state index >= 15 is 0 Å². The molecule has 6 nitrogen and oxygen atoms in total. The number of carboxylic acid groups (broad SMARTS) is 1. The minimum absolute atomic E-state index is 0.00124. The van der Waals surface area contributed by atoms with E-state index in [4.69, 9.17) is 5.11 Å². The summed E-state index contributed by atoms with van der Waals surface area (Å²) in [6.45, 7) is 3.53. The lowest BCUT2D eigenvalue weighted by Gasteiger charge is -2.14. The van der Waals surface area contributed by atoms with Crippen molar-refractivity contribution in [2.75, 3.05) is 0 Å². The molecule has 0 saturated carbocycles. The third-order valence-corrected chi connectivity index (χ3v) is 3.81. The molecule has 0 fully saturated rings. The fourth-order valence-electron chi connectivity index (χ4n) is 2.40. The number of nitrogens with zero attached hydrogens (tertiary/aromatic N) is 2. The third-order valence-electron chi connectivity index (χ3n) is 3.81. The Morgan fingerprint density at radius 3 is 2.65 bits per heavy atom. The SMILES string of the molecule is Cc1nc(C(=O)NC(C)CCc2cccn2C)ccc1C(=O)O. The molecular formula is C17H21N3O3. The Morgan fingerprint density at radius 2 is 2.09 bits per heavy atom. The van der Waals surface area contributed by atoms with Crippen molar-refractivity contribution in [1.29, 1.82) is 0 Å². The van der Waals surface area contributed by atoms with E-state index in [1.807, 2.05) is 26.2 Å². The number of carboxylic acids is 1. The summed E-state index contributed by atoms with van der Waals surface area (Å²) in [5.74, 6) is -1.33. The normalized spacial score (nSPS) is 12.0. The van der Waals surface area contributed by atoms with E-state index < -0.39 is 5.97 Å². The van der Waals surface area contributed by atoms with Crippen LogP contribution in [-0.4, -0.2) is 32.6 Å². The summed E-state index contributed by atoms with van der Waals surface area (Å²) < 4.78 is 2.06. The van der Waals surface area contributed by atoms with Crippen LogP contribution in [0.25, 0.3) is 0 Å². The van der Waals surface area contributed by atoms with Gasteiger partial charge in [0.05, 0.1) is 11.3 Å². The van der Waals surface area contributed by atoms with Gasteiger partial charge in [-0.15, -0.1) is 0 Å². The molecule has 1 unspecified atom stereocenters. The zero-order chi connectivity index (χ0) is 17.0. The number of aromatic nitrogens is 2. The number of carbonyl (C=O) groups excluding carboxylic acids is 1. The lowest BCUT2D eigenvalue weighted by molar-refractivity contribution is 0.0694. The van der Waals surface area contributed by atoms with Gasteiger partial charge in [0.1, 0.15) is 5.69 Å². The van der Waals surface area contributed by atoms with Crippen LogP contribution < -0.4 is 5.32 Å². The van der Waals surface area contributed by atoms with E-state index in [0.29, 0.717) is 5.69 Å². The molecule has 1 atom stereocenters. The van der Waals surface area contributed by atoms with E-state index in [-0.39, 0.29) is 23.2 Å². The zero-order valence-electron chi connectivity index (χ0n) is 13.5. The summed E-state index contributed by atoms with van der Waals surface area (Å²) >= 11 is 0. The molecule has 1 amide bonds. The van der Waals surface area contributed by atoms with Crippen LogP contribution in [-0.2, 0) is 13.5 Å². The molecule has 2 N–H and O–H groups in total. The largest absolute Gasteiger partial charge is 0.478 e. The average Bonchev–Trinajstić information content (AvgIpc) is 2.89. The third kappa shape index (κ3) is 4.18. The number of aryl methyl sites for hydroxylation is 3. The fraction of sp³-hybridized carbons (Fsp3) is 0.353. The van der Waals surface area contributed by atoms with Crippen LogP contribution in [0.5, 0.6) is 0 Å². The first-order chi connectivity index (χ1) is 10.9. The van der Waals surface area contributed by atoms with Gasteiger partial charge < -0.3 is 15.0 Å². The van der Waals surface area contributed by atoms with E-state index in [1.165, 1.54) is 17.8 Å². The number of hydrogen-bond acceptors (Lipinski definition) is 3. The number of hydrogen-bond donors (Lipinski definition) is 2. The number of aromatic carboxylic acids is 1. The van der Waals surface area contributed by atoms with Crippen LogP contribution >= 0.6 is 0 Å². The summed E-state index contributed by atoms with van der Waals surface area (Å²) in [5, 5.41) is 11.9. The van der Waals surface area contributed by atoms with Crippen LogP contribution in [0.2, 0.25) is 0 Å². The van der Waals surface area contributed by atoms with Crippen molar-refractivity contribution in [2.45, 2.75) is 32.7 Å². The molecule has 2 aromatic rings. The Balaban J connectivity index is 1.94. The summed E-state index contributed by atoms with van der Waals surface area (Å²) in [5.41, 5.74) is 1.89. The smallest absolute Gasteiger partial charge is 0.337 e. The number of nitrogens with one attached hydrogen (secondary N) is 1. The summed E-state index contributed by atoms with van der Waals surface area (Å²) in [6.07, 6.45) is 3.68. The molecule has 0 aromatic carbocycles. The molecule has 0 aliphatic rings. The maximum Gasteiger partial charge on any atom is 0.337 e. The van der Waals surface area contributed by atoms with Crippen molar-refractivity contribution in [2.24, 2.45) is 7.05 Å². The van der Waals surface area contributed by atoms with Crippen LogP contribution in [0.1, 0.15) is 45.6 Å². The highest BCUT2D eigenvalue weighted by Gasteiger charge is 2.15. The van der Waals surface area contributed by atoms with E-state index in [1.54, 1.807) is 6.92 Å². The monoisotopic (exact) mass is 315 g/mol. The van der Waals surface area contributed by atoms with E-state index in [0.717, 1.165) is 12.8 Å². The second-order valence-corrected chi connectivity index (χ2v) is 5.66. The second-order valence-electron chi connectivity index (χ2n) is 5.66. The summed E-state index contributed by atoms with van der Waals surface area (Å²) in [6, 6.07) is 6.90. The molecular weight excluding hydrogens is 294 g/mol. The molecule has 23 heavy (non-hydrogen) atoms. The quantitative estimate of drug-likeness (QED) is 0.855. The summed E-state index contributed by atoms with van der Waals surface area (Å²) in [4.78, 5) is 27.2. The minimum Gasteiger partial charge on any atom is -0.478 e. The van der Waals surface area contributed by atoms with Gasteiger partial charge >= 0.3 is 5.97 Å². The van der Waals surface area contributed by atoms with Crippen molar-refractivity contribution >= 4 is 11.9 Å². The molecule has 0 bridgehead atoms. The van der Waals surface area contributed by atoms with Gasteiger partial charge in [-0.05, 0) is 51.0 Å². The van der Waals surface area contributed by atoms with Gasteiger partial charge in [-0.3, -0.25) is 4.79 Å². The van der Waals surface area contributed by atoms with Gasteiger partial charge in [-0.1, -0.05) is 0 Å². The predicted octanol–water partition coefficient (Wildman–Crippen LogP) is 2.18. The van der Waals surface area contributed by atoms with Crippen LogP contribution in [0.3, 0.4) is 0 Å². The van der Waals surface area contributed by atoms with Crippen molar-refractivity contribution in [1.82, 2.24) is 14.9 Å². The van der Waals surface area contributed by atoms with Crippen molar-refractivity contribution in [3.05, 3.63) is 53.1 Å². The lowest BCUT2D eigenvalue weighted by Crippen LogP contribution is -2.33. The number of rotatable bonds is 6. The molecule has 2 aromatic heterocycles.